The van der Waals surface area contributed by atoms with Crippen molar-refractivity contribution in [2.75, 3.05) is 26.8 Å². The third kappa shape index (κ3) is 4.18. The van der Waals surface area contributed by atoms with Crippen LogP contribution in [0.1, 0.15) is 30.9 Å². The van der Waals surface area contributed by atoms with Gasteiger partial charge < -0.3 is 25.3 Å². The molecule has 31 heavy (non-hydrogen) atoms. The van der Waals surface area contributed by atoms with Crippen molar-refractivity contribution in [1.29, 1.82) is 0 Å². The van der Waals surface area contributed by atoms with Gasteiger partial charge in [0, 0.05) is 40.3 Å². The maximum Gasteiger partial charge on any atom is 0.280 e. The molecule has 2 aliphatic heterocycles. The molecule has 4 heterocycles. The van der Waals surface area contributed by atoms with E-state index in [-0.39, 0.29) is 23.9 Å². The van der Waals surface area contributed by atoms with Crippen LogP contribution in [0.3, 0.4) is 0 Å². The molecule has 1 fully saturated rings. The Morgan fingerprint density at radius 2 is 2.00 bits per heavy atom. The first kappa shape index (κ1) is 20.4. The van der Waals surface area contributed by atoms with Gasteiger partial charge in [-0.2, -0.15) is 0 Å². The van der Waals surface area contributed by atoms with Gasteiger partial charge in [0.25, 0.3) is 11.8 Å². The molecule has 0 spiro atoms. The summed E-state index contributed by atoms with van der Waals surface area (Å²) in [7, 11) is 2.06. The van der Waals surface area contributed by atoms with Crippen molar-refractivity contribution in [3.8, 4) is 0 Å². The van der Waals surface area contributed by atoms with E-state index in [1.807, 2.05) is 6.07 Å². The number of fused-ring (bicyclic) bond motifs is 2. The molecular formula is C21H22ClN5O3S. The first-order valence-electron chi connectivity index (χ1n) is 10.1. The molecule has 3 N–H and O–H groups in total. The number of thiazole rings is 1. The Balaban J connectivity index is 1.25. The van der Waals surface area contributed by atoms with Gasteiger partial charge in [0.2, 0.25) is 0 Å². The van der Waals surface area contributed by atoms with Crippen LogP contribution in [0.2, 0.25) is 5.02 Å². The third-order valence-corrected chi connectivity index (χ3v) is 6.97. The number of aromatic amines is 1. The molecule has 2 amide bonds. The smallest absolute Gasteiger partial charge is 0.280 e. The van der Waals surface area contributed by atoms with Gasteiger partial charge in [0.15, 0.2) is 5.01 Å². The average molecular weight is 460 g/mol. The van der Waals surface area contributed by atoms with E-state index in [2.05, 4.69) is 32.5 Å². The Kier molecular flexibility index (Phi) is 5.43. The van der Waals surface area contributed by atoms with E-state index in [1.165, 1.54) is 11.3 Å². The molecule has 3 aromatic rings. The third-order valence-electron chi connectivity index (χ3n) is 5.66. The number of carbonyl (C=O) groups is 2. The standard InChI is InChI=1S/C21H22ClN5O3S/c1-27-5-4-14-18(8-27)31-21(26-14)20(29)25-17-10-30-9-16(17)24-19(28)15-7-11-6-12(22)2-3-13(11)23-15/h2-3,6-7,16-17,23H,4-5,8-10H2,1H3,(H,24,28)(H,25,29)/t16-,17-/m0/s1. The SMILES string of the molecule is CN1CCc2nc(C(=O)N[C@H]3COC[C@@H]3NC(=O)c3cc4cc(Cl)ccc4[nH]3)sc2C1. The summed E-state index contributed by atoms with van der Waals surface area (Å²) >= 11 is 7.46. The Hall–Kier alpha value is -2.46. The molecule has 8 nitrogen and oxygen atoms in total. The largest absolute Gasteiger partial charge is 0.377 e. The number of carbonyl (C=O) groups excluding carboxylic acids is 2. The van der Waals surface area contributed by atoms with Crippen molar-refractivity contribution < 1.29 is 14.3 Å². The summed E-state index contributed by atoms with van der Waals surface area (Å²) in [6.45, 7) is 2.44. The molecule has 0 radical (unpaired) electrons. The van der Waals surface area contributed by atoms with Gasteiger partial charge in [-0.05, 0) is 31.3 Å². The summed E-state index contributed by atoms with van der Waals surface area (Å²) in [5.41, 5.74) is 2.28. The van der Waals surface area contributed by atoms with Crippen LogP contribution >= 0.6 is 22.9 Å². The van der Waals surface area contributed by atoms with E-state index in [0.29, 0.717) is 28.9 Å². The fourth-order valence-corrected chi connectivity index (χ4v) is 5.23. The van der Waals surface area contributed by atoms with Crippen LogP contribution < -0.4 is 10.6 Å². The van der Waals surface area contributed by atoms with Gasteiger partial charge in [-0.3, -0.25) is 9.59 Å². The number of hydrogen-bond acceptors (Lipinski definition) is 6. The fourth-order valence-electron chi connectivity index (χ4n) is 3.96. The quantitative estimate of drug-likeness (QED) is 0.555. The van der Waals surface area contributed by atoms with Crippen molar-refractivity contribution in [3.63, 3.8) is 0 Å². The number of H-pyrrole nitrogens is 1. The lowest BCUT2D eigenvalue weighted by molar-refractivity contribution is 0.0894. The number of rotatable bonds is 4. The molecule has 5 rings (SSSR count). The van der Waals surface area contributed by atoms with Crippen LogP contribution in [0.15, 0.2) is 24.3 Å². The summed E-state index contributed by atoms with van der Waals surface area (Å²) in [4.78, 5) is 36.5. The molecule has 0 unspecified atom stereocenters. The number of nitrogens with zero attached hydrogens (tertiary/aromatic N) is 2. The highest BCUT2D eigenvalue weighted by molar-refractivity contribution is 7.13. The minimum absolute atomic E-state index is 0.225. The maximum absolute atomic E-state index is 12.8. The molecule has 1 aromatic carbocycles. The Bertz CT molecular complexity index is 1160. The zero-order chi connectivity index (χ0) is 21.5. The number of halogens is 1. The number of amides is 2. The summed E-state index contributed by atoms with van der Waals surface area (Å²) in [6.07, 6.45) is 0.858. The van der Waals surface area contributed by atoms with E-state index >= 15 is 0 Å². The molecule has 0 aliphatic carbocycles. The zero-order valence-electron chi connectivity index (χ0n) is 16.9. The second-order valence-electron chi connectivity index (χ2n) is 7.99. The van der Waals surface area contributed by atoms with Crippen LogP contribution in [-0.2, 0) is 17.7 Å². The number of likely N-dealkylation sites (N-methyl/N-ethyl adjacent to an activating group) is 1. The van der Waals surface area contributed by atoms with E-state index in [0.717, 1.165) is 41.0 Å². The molecule has 10 heteroatoms. The molecule has 2 aromatic heterocycles. The molecule has 162 valence electrons. The van der Waals surface area contributed by atoms with Crippen molar-refractivity contribution >= 4 is 45.7 Å². The predicted molar refractivity (Wildman–Crippen MR) is 119 cm³/mol. The number of benzene rings is 1. The molecular weight excluding hydrogens is 438 g/mol. The first-order chi connectivity index (χ1) is 15.0. The molecule has 0 saturated carbocycles. The Morgan fingerprint density at radius 1 is 1.23 bits per heavy atom. The normalized spacial score (nSPS) is 21.2. The van der Waals surface area contributed by atoms with Gasteiger partial charge in [-0.25, -0.2) is 4.98 Å². The number of hydrogen-bond donors (Lipinski definition) is 3. The molecule has 2 atom stereocenters. The lowest BCUT2D eigenvalue weighted by atomic mass is 10.1. The lowest BCUT2D eigenvalue weighted by Gasteiger charge is -2.20. The monoisotopic (exact) mass is 459 g/mol. The van der Waals surface area contributed by atoms with Crippen LogP contribution in [-0.4, -0.2) is 65.6 Å². The molecule has 0 bridgehead atoms. The van der Waals surface area contributed by atoms with Gasteiger partial charge in [-0.15, -0.1) is 11.3 Å². The minimum atomic E-state index is -0.327. The van der Waals surface area contributed by atoms with Crippen LogP contribution in [0, 0.1) is 0 Å². The van der Waals surface area contributed by atoms with Crippen LogP contribution in [0.25, 0.3) is 10.9 Å². The van der Waals surface area contributed by atoms with E-state index in [1.54, 1.807) is 18.2 Å². The Morgan fingerprint density at radius 3 is 2.81 bits per heavy atom. The van der Waals surface area contributed by atoms with Gasteiger partial charge >= 0.3 is 0 Å². The van der Waals surface area contributed by atoms with Crippen molar-refractivity contribution in [3.05, 3.63) is 50.6 Å². The average Bonchev–Trinajstić information content (AvgIpc) is 3.45. The molecule has 1 saturated heterocycles. The highest BCUT2D eigenvalue weighted by Crippen LogP contribution is 2.25. The maximum atomic E-state index is 12.8. The summed E-state index contributed by atoms with van der Waals surface area (Å²) in [5, 5.41) is 7.89. The predicted octanol–water partition coefficient (Wildman–Crippen LogP) is 2.19. The van der Waals surface area contributed by atoms with Gasteiger partial charge in [0.05, 0.1) is 31.0 Å². The van der Waals surface area contributed by atoms with Crippen LogP contribution in [0.5, 0.6) is 0 Å². The second-order valence-corrected chi connectivity index (χ2v) is 9.51. The second kappa shape index (κ2) is 8.23. The van der Waals surface area contributed by atoms with Gasteiger partial charge in [0.1, 0.15) is 5.69 Å². The summed E-state index contributed by atoms with van der Waals surface area (Å²) in [6, 6.07) is 6.52. The Labute approximate surface area is 187 Å². The van der Waals surface area contributed by atoms with Crippen molar-refractivity contribution in [2.45, 2.75) is 25.0 Å². The van der Waals surface area contributed by atoms with Gasteiger partial charge in [-0.1, -0.05) is 11.6 Å². The number of ether oxygens (including phenoxy) is 1. The van der Waals surface area contributed by atoms with Crippen molar-refractivity contribution in [1.82, 2.24) is 25.5 Å². The number of nitrogens with one attached hydrogen (secondary N) is 3. The summed E-state index contributed by atoms with van der Waals surface area (Å²) < 4.78 is 5.53. The van der Waals surface area contributed by atoms with E-state index in [9.17, 15) is 9.59 Å². The first-order valence-corrected chi connectivity index (χ1v) is 11.3. The highest BCUT2D eigenvalue weighted by atomic mass is 35.5. The summed E-state index contributed by atoms with van der Waals surface area (Å²) in [5.74, 6) is -0.480. The highest BCUT2D eigenvalue weighted by Gasteiger charge is 2.32. The topological polar surface area (TPSA) is 99.3 Å². The zero-order valence-corrected chi connectivity index (χ0v) is 18.5. The minimum Gasteiger partial charge on any atom is -0.377 e. The van der Waals surface area contributed by atoms with E-state index < -0.39 is 0 Å². The van der Waals surface area contributed by atoms with Crippen molar-refractivity contribution in [2.24, 2.45) is 0 Å². The lowest BCUT2D eigenvalue weighted by Crippen LogP contribution is -2.51. The molecule has 2 aliphatic rings. The number of aromatic nitrogens is 2. The van der Waals surface area contributed by atoms with E-state index in [4.69, 9.17) is 16.3 Å². The van der Waals surface area contributed by atoms with Crippen LogP contribution in [0.4, 0.5) is 0 Å². The fraction of sp³-hybridized carbons (Fsp3) is 0.381.